The van der Waals surface area contributed by atoms with Crippen LogP contribution in [0.1, 0.15) is 32.6 Å². The van der Waals surface area contributed by atoms with Gasteiger partial charge in [-0.3, -0.25) is 4.79 Å². The van der Waals surface area contributed by atoms with E-state index in [2.05, 4.69) is 6.92 Å². The van der Waals surface area contributed by atoms with E-state index in [-0.39, 0.29) is 32.1 Å². The van der Waals surface area contributed by atoms with Crippen LogP contribution in [0.25, 0.3) is 0 Å². The lowest BCUT2D eigenvalue weighted by atomic mass is 10.2. The largest absolute Gasteiger partial charge is 0.340 e. The van der Waals surface area contributed by atoms with E-state index in [4.69, 9.17) is 0 Å². The Kier molecular flexibility index (Phi) is 6.28. The third kappa shape index (κ3) is 4.30. The van der Waals surface area contributed by atoms with Crippen molar-refractivity contribution in [3.05, 3.63) is 29.8 Å². The Morgan fingerprint density at radius 2 is 1.79 bits per heavy atom. The summed E-state index contributed by atoms with van der Waals surface area (Å²) in [5.41, 5.74) is 0. The highest BCUT2D eigenvalue weighted by molar-refractivity contribution is 7.89. The highest BCUT2D eigenvalue weighted by atomic mass is 32.2. The van der Waals surface area contributed by atoms with E-state index in [1.807, 2.05) is 0 Å². The smallest absolute Gasteiger partial charge is 0.246 e. The molecule has 0 N–H and O–H groups in total. The van der Waals surface area contributed by atoms with Crippen LogP contribution >= 0.6 is 0 Å². The minimum atomic E-state index is -4.10. The molecule has 1 saturated heterocycles. The molecule has 1 aliphatic rings. The summed E-state index contributed by atoms with van der Waals surface area (Å²) in [5.74, 6) is -1.77. The second-order valence-corrected chi connectivity index (χ2v) is 7.72. The standard InChI is InChI=1S/C16H22F2N2O3S/c1-2-3-4-5-16(21)19-8-10-20(11-9-19)24(22,23)15-12-13(17)6-7-14(15)18/h6-7,12H,2-5,8-11H2,1H3. The summed E-state index contributed by atoms with van der Waals surface area (Å²) < 4.78 is 53.0. The van der Waals surface area contributed by atoms with Crippen molar-refractivity contribution < 1.29 is 22.0 Å². The van der Waals surface area contributed by atoms with Crippen LogP contribution in [0, 0.1) is 11.6 Å². The average molecular weight is 360 g/mol. The molecule has 1 amide bonds. The molecule has 24 heavy (non-hydrogen) atoms. The fourth-order valence-corrected chi connectivity index (χ4v) is 4.17. The van der Waals surface area contributed by atoms with Crippen molar-refractivity contribution in [1.82, 2.24) is 9.21 Å². The van der Waals surface area contributed by atoms with Crippen LogP contribution in [0.4, 0.5) is 8.78 Å². The zero-order chi connectivity index (χ0) is 17.7. The lowest BCUT2D eigenvalue weighted by Gasteiger charge is -2.34. The SMILES string of the molecule is CCCCCC(=O)N1CCN(S(=O)(=O)c2cc(F)ccc2F)CC1. The third-order valence-electron chi connectivity index (χ3n) is 4.10. The normalized spacial score (nSPS) is 16.4. The molecule has 0 saturated carbocycles. The molecule has 0 radical (unpaired) electrons. The van der Waals surface area contributed by atoms with Crippen molar-refractivity contribution in [2.45, 2.75) is 37.5 Å². The fourth-order valence-electron chi connectivity index (χ4n) is 2.68. The fraction of sp³-hybridized carbons (Fsp3) is 0.562. The Hall–Kier alpha value is -1.54. The van der Waals surface area contributed by atoms with Crippen molar-refractivity contribution in [3.8, 4) is 0 Å². The molecule has 8 heteroatoms. The molecule has 1 aromatic carbocycles. The van der Waals surface area contributed by atoms with Gasteiger partial charge in [-0.1, -0.05) is 19.8 Å². The van der Waals surface area contributed by atoms with E-state index >= 15 is 0 Å². The van der Waals surface area contributed by atoms with Crippen LogP contribution in [0.5, 0.6) is 0 Å². The van der Waals surface area contributed by atoms with E-state index in [0.717, 1.165) is 35.7 Å². The molecule has 0 spiro atoms. The summed E-state index contributed by atoms with van der Waals surface area (Å²) in [6.45, 7) is 2.75. The quantitative estimate of drug-likeness (QED) is 0.732. The monoisotopic (exact) mass is 360 g/mol. The average Bonchev–Trinajstić information content (AvgIpc) is 2.57. The van der Waals surface area contributed by atoms with Gasteiger partial charge in [0.25, 0.3) is 0 Å². The van der Waals surface area contributed by atoms with Crippen LogP contribution in [-0.4, -0.2) is 49.7 Å². The van der Waals surface area contributed by atoms with Gasteiger partial charge in [0.15, 0.2) is 0 Å². The molecular weight excluding hydrogens is 338 g/mol. The van der Waals surface area contributed by atoms with Crippen molar-refractivity contribution in [2.75, 3.05) is 26.2 Å². The third-order valence-corrected chi connectivity index (χ3v) is 6.01. The van der Waals surface area contributed by atoms with Gasteiger partial charge >= 0.3 is 0 Å². The first kappa shape index (κ1) is 18.8. The van der Waals surface area contributed by atoms with E-state index in [1.54, 1.807) is 4.90 Å². The maximum atomic E-state index is 13.8. The number of piperazine rings is 1. The summed E-state index contributed by atoms with van der Waals surface area (Å²) in [4.78, 5) is 13.0. The Morgan fingerprint density at radius 3 is 2.42 bits per heavy atom. The van der Waals surface area contributed by atoms with Gasteiger partial charge in [0.2, 0.25) is 15.9 Å². The predicted molar refractivity (Wildman–Crippen MR) is 85.8 cm³/mol. The molecule has 0 bridgehead atoms. The van der Waals surface area contributed by atoms with Crippen LogP contribution in [0.3, 0.4) is 0 Å². The predicted octanol–water partition coefficient (Wildman–Crippen LogP) is 2.38. The van der Waals surface area contributed by atoms with Crippen molar-refractivity contribution in [1.29, 1.82) is 0 Å². The Labute approximate surface area is 141 Å². The van der Waals surface area contributed by atoms with E-state index in [9.17, 15) is 22.0 Å². The molecule has 1 aliphatic heterocycles. The topological polar surface area (TPSA) is 57.7 Å². The van der Waals surface area contributed by atoms with Gasteiger partial charge in [-0.2, -0.15) is 4.31 Å². The number of amides is 1. The van der Waals surface area contributed by atoms with Gasteiger partial charge in [-0.15, -0.1) is 0 Å². The van der Waals surface area contributed by atoms with Crippen molar-refractivity contribution in [3.63, 3.8) is 0 Å². The molecule has 5 nitrogen and oxygen atoms in total. The summed E-state index contributed by atoms with van der Waals surface area (Å²) in [6, 6.07) is 2.37. The van der Waals surface area contributed by atoms with Gasteiger partial charge in [0.05, 0.1) is 0 Å². The molecule has 0 aliphatic carbocycles. The highest BCUT2D eigenvalue weighted by Crippen LogP contribution is 2.22. The van der Waals surface area contributed by atoms with E-state index < -0.39 is 26.6 Å². The number of rotatable bonds is 6. The molecule has 1 fully saturated rings. The van der Waals surface area contributed by atoms with E-state index in [0.29, 0.717) is 12.5 Å². The van der Waals surface area contributed by atoms with Crippen molar-refractivity contribution >= 4 is 15.9 Å². The first-order valence-corrected chi connectivity index (χ1v) is 9.53. The van der Waals surface area contributed by atoms with Crippen LogP contribution in [0.15, 0.2) is 23.1 Å². The van der Waals surface area contributed by atoms with Gasteiger partial charge in [-0.05, 0) is 24.6 Å². The number of carbonyl (C=O) groups is 1. The lowest BCUT2D eigenvalue weighted by molar-refractivity contribution is -0.132. The van der Waals surface area contributed by atoms with Gasteiger partial charge < -0.3 is 4.90 Å². The summed E-state index contributed by atoms with van der Waals surface area (Å²) in [6.07, 6.45) is 3.29. The van der Waals surface area contributed by atoms with Crippen LogP contribution < -0.4 is 0 Å². The molecular formula is C16H22F2N2O3S. The Balaban J connectivity index is 2.01. The molecule has 1 aromatic rings. The molecule has 0 unspecified atom stereocenters. The Bertz CT molecular complexity index is 687. The number of hydrogen-bond donors (Lipinski definition) is 0. The first-order chi connectivity index (χ1) is 11.4. The summed E-state index contributed by atoms with van der Waals surface area (Å²) in [7, 11) is -4.10. The maximum Gasteiger partial charge on any atom is 0.246 e. The van der Waals surface area contributed by atoms with Crippen LogP contribution in [-0.2, 0) is 14.8 Å². The molecule has 2 rings (SSSR count). The molecule has 134 valence electrons. The summed E-state index contributed by atoms with van der Waals surface area (Å²) >= 11 is 0. The zero-order valence-corrected chi connectivity index (χ0v) is 14.5. The number of sulfonamides is 1. The van der Waals surface area contributed by atoms with Gasteiger partial charge in [0.1, 0.15) is 16.5 Å². The van der Waals surface area contributed by atoms with Gasteiger partial charge in [0, 0.05) is 32.6 Å². The van der Waals surface area contributed by atoms with Gasteiger partial charge in [-0.25, -0.2) is 17.2 Å². The first-order valence-electron chi connectivity index (χ1n) is 8.09. The van der Waals surface area contributed by atoms with Crippen LogP contribution in [0.2, 0.25) is 0 Å². The van der Waals surface area contributed by atoms with Crippen molar-refractivity contribution in [2.24, 2.45) is 0 Å². The number of hydrogen-bond acceptors (Lipinski definition) is 3. The number of carbonyl (C=O) groups excluding carboxylic acids is 1. The minimum absolute atomic E-state index is 0.0115. The second kappa shape index (κ2) is 8.02. The molecule has 0 aromatic heterocycles. The van der Waals surface area contributed by atoms with E-state index in [1.165, 1.54) is 0 Å². The molecule has 0 atom stereocenters. The summed E-state index contributed by atoms with van der Waals surface area (Å²) in [5, 5.41) is 0. The number of halogens is 2. The lowest BCUT2D eigenvalue weighted by Crippen LogP contribution is -2.50. The number of unbranched alkanes of at least 4 members (excludes halogenated alkanes) is 2. The highest BCUT2D eigenvalue weighted by Gasteiger charge is 2.32. The number of nitrogens with zero attached hydrogens (tertiary/aromatic N) is 2. The number of benzene rings is 1. The molecule has 1 heterocycles. The maximum absolute atomic E-state index is 13.8. The second-order valence-electron chi connectivity index (χ2n) is 5.82. The Morgan fingerprint density at radius 1 is 1.12 bits per heavy atom. The zero-order valence-electron chi connectivity index (χ0n) is 13.7. The minimum Gasteiger partial charge on any atom is -0.340 e.